The lowest BCUT2D eigenvalue weighted by molar-refractivity contribution is -0.140. The molecule has 1 atom stereocenters. The molecule has 0 radical (unpaired) electrons. The van der Waals surface area contributed by atoms with E-state index >= 15 is 0 Å². The zero-order valence-electron chi connectivity index (χ0n) is 23.5. The lowest BCUT2D eigenvalue weighted by Crippen LogP contribution is -2.52. The smallest absolute Gasteiger partial charge is 0.264 e. The third-order valence-corrected chi connectivity index (χ3v) is 8.60. The fraction of sp³-hybridized carbons (Fsp3) is 0.355. The number of amides is 2. The highest BCUT2D eigenvalue weighted by Crippen LogP contribution is 2.29. The van der Waals surface area contributed by atoms with Crippen LogP contribution in [0.3, 0.4) is 0 Å². The van der Waals surface area contributed by atoms with Gasteiger partial charge in [-0.2, -0.15) is 0 Å². The molecule has 0 fully saturated rings. The van der Waals surface area contributed by atoms with Crippen molar-refractivity contribution in [1.29, 1.82) is 0 Å². The van der Waals surface area contributed by atoms with Crippen LogP contribution in [0.5, 0.6) is 0 Å². The molecule has 0 saturated carbocycles. The van der Waals surface area contributed by atoms with Gasteiger partial charge in [-0.05, 0) is 68.5 Å². The van der Waals surface area contributed by atoms with Crippen LogP contribution < -0.4 is 9.62 Å². The molecule has 3 rings (SSSR count). The molecule has 1 unspecified atom stereocenters. The monoisotopic (exact) mass is 549 g/mol. The average Bonchev–Trinajstić information content (AvgIpc) is 2.92. The van der Waals surface area contributed by atoms with Crippen LogP contribution in [0.1, 0.15) is 48.9 Å². The van der Waals surface area contributed by atoms with E-state index < -0.39 is 28.5 Å². The number of rotatable bonds is 12. The summed E-state index contributed by atoms with van der Waals surface area (Å²) >= 11 is 0. The first-order valence-corrected chi connectivity index (χ1v) is 14.8. The average molecular weight is 550 g/mol. The molecule has 0 aliphatic carbocycles. The molecule has 8 heteroatoms. The van der Waals surface area contributed by atoms with Gasteiger partial charge in [0.2, 0.25) is 11.8 Å². The molecule has 208 valence electrons. The van der Waals surface area contributed by atoms with Crippen molar-refractivity contribution in [2.24, 2.45) is 0 Å². The van der Waals surface area contributed by atoms with Crippen LogP contribution in [-0.2, 0) is 26.2 Å². The van der Waals surface area contributed by atoms with Gasteiger partial charge in [0.1, 0.15) is 12.6 Å². The minimum atomic E-state index is -4.08. The molecule has 0 bridgehead atoms. The Morgan fingerprint density at radius 2 is 1.59 bits per heavy atom. The van der Waals surface area contributed by atoms with Crippen LogP contribution in [0.4, 0.5) is 5.69 Å². The van der Waals surface area contributed by atoms with Crippen molar-refractivity contribution in [3.8, 4) is 0 Å². The molecule has 39 heavy (non-hydrogen) atoms. The molecule has 0 saturated heterocycles. The number of benzene rings is 3. The maximum Gasteiger partial charge on any atom is 0.264 e. The van der Waals surface area contributed by atoms with Crippen LogP contribution in [0, 0.1) is 20.8 Å². The van der Waals surface area contributed by atoms with Gasteiger partial charge < -0.3 is 10.2 Å². The van der Waals surface area contributed by atoms with Crippen molar-refractivity contribution in [1.82, 2.24) is 10.2 Å². The molecule has 0 aliphatic rings. The second kappa shape index (κ2) is 13.4. The first-order chi connectivity index (χ1) is 18.6. The molecule has 1 N–H and O–H groups in total. The number of hydrogen-bond acceptors (Lipinski definition) is 4. The fourth-order valence-electron chi connectivity index (χ4n) is 4.53. The van der Waals surface area contributed by atoms with E-state index in [2.05, 4.69) is 5.32 Å². The van der Waals surface area contributed by atoms with E-state index in [-0.39, 0.29) is 17.3 Å². The Morgan fingerprint density at radius 3 is 2.23 bits per heavy atom. The number of sulfonamides is 1. The highest BCUT2D eigenvalue weighted by molar-refractivity contribution is 7.92. The van der Waals surface area contributed by atoms with Crippen LogP contribution in [0.2, 0.25) is 0 Å². The van der Waals surface area contributed by atoms with Crippen LogP contribution in [-0.4, -0.2) is 44.3 Å². The molecule has 0 aliphatic heterocycles. The Hall–Kier alpha value is -3.65. The van der Waals surface area contributed by atoms with E-state index in [0.29, 0.717) is 18.7 Å². The maximum absolute atomic E-state index is 14.1. The van der Waals surface area contributed by atoms with E-state index in [4.69, 9.17) is 0 Å². The predicted octanol–water partition coefficient (Wildman–Crippen LogP) is 5.14. The third kappa shape index (κ3) is 7.26. The minimum absolute atomic E-state index is 0.0941. The molecule has 0 heterocycles. The van der Waals surface area contributed by atoms with Crippen molar-refractivity contribution in [3.05, 3.63) is 95.1 Å². The summed E-state index contributed by atoms with van der Waals surface area (Å²) in [6.45, 7) is 9.79. The number of nitrogens with one attached hydrogen (secondary N) is 1. The SMILES string of the molecule is CCCNC(=O)C(CC)N(Cc1cccc(C)c1)C(=O)CN(c1cccc(C)c1C)S(=O)(=O)c1ccccc1. The van der Waals surface area contributed by atoms with Gasteiger partial charge in [-0.3, -0.25) is 13.9 Å². The number of aryl methyl sites for hydroxylation is 2. The highest BCUT2D eigenvalue weighted by atomic mass is 32.2. The molecular weight excluding hydrogens is 510 g/mol. The molecule has 2 amide bonds. The van der Waals surface area contributed by atoms with E-state index in [1.165, 1.54) is 21.3 Å². The Bertz CT molecular complexity index is 1390. The number of hydrogen-bond donors (Lipinski definition) is 1. The van der Waals surface area contributed by atoms with Crippen molar-refractivity contribution in [2.45, 2.75) is 64.9 Å². The standard InChI is InChI=1S/C31H39N3O4S/c1-6-19-32-31(36)28(7-2)33(21-26-15-11-13-23(3)20-26)30(35)22-34(29-18-12-14-24(4)25(29)5)39(37,38)27-16-9-8-10-17-27/h8-18,20,28H,6-7,19,21-22H2,1-5H3,(H,32,36). The van der Waals surface area contributed by atoms with Gasteiger partial charge in [-0.1, -0.05) is 74.0 Å². The van der Waals surface area contributed by atoms with Gasteiger partial charge in [0, 0.05) is 13.1 Å². The molecule has 0 aromatic heterocycles. The molecule has 3 aromatic rings. The first kappa shape index (κ1) is 29.9. The summed E-state index contributed by atoms with van der Waals surface area (Å²) in [5, 5.41) is 2.91. The summed E-state index contributed by atoms with van der Waals surface area (Å²) in [7, 11) is -4.08. The molecule has 0 spiro atoms. The van der Waals surface area contributed by atoms with E-state index in [1.807, 2.05) is 65.0 Å². The first-order valence-electron chi connectivity index (χ1n) is 13.4. The van der Waals surface area contributed by atoms with Crippen LogP contribution >= 0.6 is 0 Å². The van der Waals surface area contributed by atoms with E-state index in [1.54, 1.807) is 30.3 Å². The Morgan fingerprint density at radius 1 is 0.897 bits per heavy atom. The van der Waals surface area contributed by atoms with Crippen LogP contribution in [0.15, 0.2) is 77.7 Å². The van der Waals surface area contributed by atoms with Gasteiger partial charge in [-0.15, -0.1) is 0 Å². The Labute approximate surface area is 232 Å². The van der Waals surface area contributed by atoms with Gasteiger partial charge in [0.25, 0.3) is 10.0 Å². The van der Waals surface area contributed by atoms with E-state index in [9.17, 15) is 18.0 Å². The lowest BCUT2D eigenvalue weighted by atomic mass is 10.1. The Balaban J connectivity index is 2.08. The summed E-state index contributed by atoms with van der Waals surface area (Å²) in [5.41, 5.74) is 4.02. The van der Waals surface area contributed by atoms with Gasteiger partial charge in [-0.25, -0.2) is 8.42 Å². The van der Waals surface area contributed by atoms with Gasteiger partial charge >= 0.3 is 0 Å². The van der Waals surface area contributed by atoms with Gasteiger partial charge in [0.05, 0.1) is 10.6 Å². The summed E-state index contributed by atoms with van der Waals surface area (Å²) in [6, 6.07) is 20.5. The largest absolute Gasteiger partial charge is 0.354 e. The maximum atomic E-state index is 14.1. The van der Waals surface area contributed by atoms with Crippen molar-refractivity contribution < 1.29 is 18.0 Å². The molecule has 3 aromatic carbocycles. The second-order valence-electron chi connectivity index (χ2n) is 9.77. The van der Waals surface area contributed by atoms with Crippen molar-refractivity contribution >= 4 is 27.5 Å². The molecular formula is C31H39N3O4S. The molecule has 7 nitrogen and oxygen atoms in total. The van der Waals surface area contributed by atoms with Crippen LogP contribution in [0.25, 0.3) is 0 Å². The number of nitrogens with zero attached hydrogens (tertiary/aromatic N) is 2. The van der Waals surface area contributed by atoms with Crippen molar-refractivity contribution in [2.75, 3.05) is 17.4 Å². The van der Waals surface area contributed by atoms with E-state index in [0.717, 1.165) is 28.7 Å². The summed E-state index contributed by atoms with van der Waals surface area (Å²) in [6.07, 6.45) is 1.16. The number of carbonyl (C=O) groups excluding carboxylic acids is 2. The lowest BCUT2D eigenvalue weighted by Gasteiger charge is -2.33. The third-order valence-electron chi connectivity index (χ3n) is 6.83. The topological polar surface area (TPSA) is 86.8 Å². The predicted molar refractivity (Wildman–Crippen MR) is 156 cm³/mol. The Kier molecular flexibility index (Phi) is 10.3. The summed E-state index contributed by atoms with van der Waals surface area (Å²) in [4.78, 5) is 28.9. The second-order valence-corrected chi connectivity index (χ2v) is 11.6. The number of carbonyl (C=O) groups is 2. The highest BCUT2D eigenvalue weighted by Gasteiger charge is 2.34. The normalized spacial score (nSPS) is 12.0. The number of anilines is 1. The quantitative estimate of drug-likeness (QED) is 0.339. The summed E-state index contributed by atoms with van der Waals surface area (Å²) in [5.74, 6) is -0.694. The van der Waals surface area contributed by atoms with Crippen molar-refractivity contribution in [3.63, 3.8) is 0 Å². The zero-order valence-corrected chi connectivity index (χ0v) is 24.3. The summed E-state index contributed by atoms with van der Waals surface area (Å²) < 4.78 is 29.1. The fourth-order valence-corrected chi connectivity index (χ4v) is 6.02. The minimum Gasteiger partial charge on any atom is -0.354 e. The zero-order chi connectivity index (χ0) is 28.6. The van der Waals surface area contributed by atoms with Gasteiger partial charge in [0.15, 0.2) is 0 Å².